The summed E-state index contributed by atoms with van der Waals surface area (Å²) in [5.74, 6) is 0. The number of carbonyl (C=O) groups is 1. The van der Waals surface area contributed by atoms with E-state index < -0.39 is 6.09 Å². The molecular weight excluding hydrogens is 372 g/mol. The van der Waals surface area contributed by atoms with E-state index >= 15 is 0 Å². The molecule has 0 aliphatic rings. The molecule has 1 aromatic carbocycles. The Bertz CT molecular complexity index is 1040. The second-order valence-electron chi connectivity index (χ2n) is 7.00. The number of rotatable bonds is 8. The van der Waals surface area contributed by atoms with Gasteiger partial charge >= 0.3 is 6.09 Å². The van der Waals surface area contributed by atoms with Crippen molar-refractivity contribution in [2.75, 3.05) is 26.0 Å². The van der Waals surface area contributed by atoms with Gasteiger partial charge in [-0.3, -0.25) is 14.8 Å². The Labute approximate surface area is 168 Å². The lowest BCUT2D eigenvalue weighted by atomic mass is 10.1. The summed E-state index contributed by atoms with van der Waals surface area (Å²) < 4.78 is 3.49. The Kier molecular flexibility index (Phi) is 6.40. The highest BCUT2D eigenvalue weighted by Crippen LogP contribution is 2.13. The zero-order chi connectivity index (χ0) is 20.8. The van der Waals surface area contributed by atoms with Gasteiger partial charge in [-0.05, 0) is 44.8 Å². The van der Waals surface area contributed by atoms with Gasteiger partial charge < -0.3 is 10.0 Å². The minimum Gasteiger partial charge on any atom is -0.465 e. The second kappa shape index (κ2) is 9.16. The van der Waals surface area contributed by atoms with Gasteiger partial charge in [0, 0.05) is 30.9 Å². The predicted molar refractivity (Wildman–Crippen MR) is 110 cm³/mol. The van der Waals surface area contributed by atoms with Gasteiger partial charge in [-0.2, -0.15) is 10.2 Å². The average molecular weight is 396 g/mol. The van der Waals surface area contributed by atoms with E-state index in [1.165, 1.54) is 6.07 Å². The molecule has 0 unspecified atom stereocenters. The fraction of sp³-hybridized carbons (Fsp3) is 0.300. The number of carboxylic acid groups (broad SMARTS) is 1. The lowest BCUT2D eigenvalue weighted by Gasteiger charge is -2.08. The summed E-state index contributed by atoms with van der Waals surface area (Å²) in [6.07, 6.45) is 5.38. The Morgan fingerprint density at radius 3 is 2.86 bits per heavy atom. The van der Waals surface area contributed by atoms with E-state index in [-0.39, 0.29) is 5.43 Å². The SMILES string of the molecule is CN(C)CCCn1cc(-n2ccc(=O)c(Cc3cccc(NC(=O)O)c3)n2)cn1. The molecule has 0 aliphatic heterocycles. The topological polar surface area (TPSA) is 105 Å². The summed E-state index contributed by atoms with van der Waals surface area (Å²) in [6, 6.07) is 8.38. The highest BCUT2D eigenvalue weighted by Gasteiger charge is 2.08. The molecule has 0 atom stereocenters. The summed E-state index contributed by atoms with van der Waals surface area (Å²) in [4.78, 5) is 25.2. The van der Waals surface area contributed by atoms with Crippen LogP contribution in [0.15, 0.2) is 53.7 Å². The number of nitrogens with zero attached hydrogens (tertiary/aromatic N) is 5. The molecule has 9 heteroatoms. The quantitative estimate of drug-likeness (QED) is 0.604. The van der Waals surface area contributed by atoms with Crippen LogP contribution in [-0.2, 0) is 13.0 Å². The molecule has 0 saturated carbocycles. The Morgan fingerprint density at radius 1 is 1.28 bits per heavy atom. The zero-order valence-corrected chi connectivity index (χ0v) is 16.4. The van der Waals surface area contributed by atoms with Crippen LogP contribution in [0.4, 0.5) is 10.5 Å². The molecule has 2 N–H and O–H groups in total. The summed E-state index contributed by atoms with van der Waals surface area (Å²) in [7, 11) is 4.07. The lowest BCUT2D eigenvalue weighted by molar-refractivity contribution is 0.210. The third-order valence-corrected chi connectivity index (χ3v) is 4.31. The van der Waals surface area contributed by atoms with Crippen LogP contribution < -0.4 is 10.7 Å². The Balaban J connectivity index is 1.76. The normalized spacial score (nSPS) is 11.0. The van der Waals surface area contributed by atoms with E-state index in [4.69, 9.17) is 5.11 Å². The van der Waals surface area contributed by atoms with Crippen LogP contribution >= 0.6 is 0 Å². The van der Waals surface area contributed by atoms with E-state index in [2.05, 4.69) is 20.4 Å². The fourth-order valence-electron chi connectivity index (χ4n) is 2.93. The molecule has 2 heterocycles. The van der Waals surface area contributed by atoms with Gasteiger partial charge in [-0.1, -0.05) is 12.1 Å². The minimum absolute atomic E-state index is 0.170. The molecule has 3 aromatic rings. The van der Waals surface area contributed by atoms with Crippen molar-refractivity contribution in [1.29, 1.82) is 0 Å². The highest BCUT2D eigenvalue weighted by atomic mass is 16.4. The zero-order valence-electron chi connectivity index (χ0n) is 16.4. The molecule has 0 fully saturated rings. The van der Waals surface area contributed by atoms with Crippen molar-refractivity contribution in [3.63, 3.8) is 0 Å². The van der Waals surface area contributed by atoms with Gasteiger partial charge in [0.15, 0.2) is 0 Å². The highest BCUT2D eigenvalue weighted by molar-refractivity contribution is 5.82. The van der Waals surface area contributed by atoms with Gasteiger partial charge in [-0.25, -0.2) is 9.48 Å². The number of aromatic nitrogens is 4. The van der Waals surface area contributed by atoms with Crippen LogP contribution in [0, 0.1) is 0 Å². The molecule has 29 heavy (non-hydrogen) atoms. The predicted octanol–water partition coefficient (Wildman–Crippen LogP) is 2.06. The Hall–Kier alpha value is -3.46. The van der Waals surface area contributed by atoms with Crippen LogP contribution in [0.1, 0.15) is 17.7 Å². The molecule has 0 spiro atoms. The van der Waals surface area contributed by atoms with Crippen molar-refractivity contribution < 1.29 is 9.90 Å². The number of anilines is 1. The maximum absolute atomic E-state index is 12.3. The van der Waals surface area contributed by atoms with Crippen LogP contribution in [0.5, 0.6) is 0 Å². The van der Waals surface area contributed by atoms with Crippen molar-refractivity contribution in [3.05, 3.63) is 70.4 Å². The summed E-state index contributed by atoms with van der Waals surface area (Å²) in [5.41, 5.74) is 2.22. The van der Waals surface area contributed by atoms with E-state index in [0.29, 0.717) is 17.8 Å². The molecule has 1 amide bonds. The fourth-order valence-corrected chi connectivity index (χ4v) is 2.93. The number of amides is 1. The molecule has 152 valence electrons. The van der Waals surface area contributed by atoms with Gasteiger partial charge in [-0.15, -0.1) is 0 Å². The lowest BCUT2D eigenvalue weighted by Crippen LogP contribution is -2.16. The van der Waals surface area contributed by atoms with Crippen molar-refractivity contribution >= 4 is 11.8 Å². The van der Waals surface area contributed by atoms with Crippen LogP contribution in [-0.4, -0.2) is 56.3 Å². The molecule has 0 saturated heterocycles. The maximum atomic E-state index is 12.3. The van der Waals surface area contributed by atoms with Crippen LogP contribution in [0.3, 0.4) is 0 Å². The molecule has 9 nitrogen and oxygen atoms in total. The van der Waals surface area contributed by atoms with Crippen LogP contribution in [0.25, 0.3) is 5.69 Å². The van der Waals surface area contributed by atoms with Crippen LogP contribution in [0.2, 0.25) is 0 Å². The monoisotopic (exact) mass is 396 g/mol. The van der Waals surface area contributed by atoms with E-state index in [9.17, 15) is 9.59 Å². The summed E-state index contributed by atoms with van der Waals surface area (Å²) in [5, 5.41) is 20.0. The first-order chi connectivity index (χ1) is 13.9. The molecule has 0 bridgehead atoms. The van der Waals surface area contributed by atoms with Gasteiger partial charge in [0.05, 0.1) is 12.4 Å². The number of nitrogens with one attached hydrogen (secondary N) is 1. The standard InChI is InChI=1S/C20H24N6O3/c1-24(2)8-4-9-25-14-17(13-21-25)26-10-7-19(27)18(23-26)12-15-5-3-6-16(11-15)22-20(28)29/h3,5-7,10-11,13-14,22H,4,8-9,12H2,1-2H3,(H,28,29). The summed E-state index contributed by atoms with van der Waals surface area (Å²) >= 11 is 0. The third kappa shape index (κ3) is 5.76. The summed E-state index contributed by atoms with van der Waals surface area (Å²) in [6.45, 7) is 1.78. The van der Waals surface area contributed by atoms with E-state index in [0.717, 1.165) is 30.8 Å². The number of benzene rings is 1. The first kappa shape index (κ1) is 20.3. The minimum atomic E-state index is -1.13. The first-order valence-electron chi connectivity index (χ1n) is 9.26. The van der Waals surface area contributed by atoms with Crippen molar-refractivity contribution in [3.8, 4) is 5.69 Å². The van der Waals surface area contributed by atoms with Gasteiger partial charge in [0.2, 0.25) is 5.43 Å². The molecule has 3 rings (SSSR count). The average Bonchev–Trinajstić information content (AvgIpc) is 3.12. The van der Waals surface area contributed by atoms with Crippen molar-refractivity contribution in [2.24, 2.45) is 0 Å². The van der Waals surface area contributed by atoms with E-state index in [1.54, 1.807) is 35.3 Å². The smallest absolute Gasteiger partial charge is 0.409 e. The van der Waals surface area contributed by atoms with Gasteiger partial charge in [0.25, 0.3) is 0 Å². The molecular formula is C20H24N6O3. The van der Waals surface area contributed by atoms with Gasteiger partial charge in [0.1, 0.15) is 11.4 Å². The number of hydrogen-bond acceptors (Lipinski definition) is 5. The second-order valence-corrected chi connectivity index (χ2v) is 7.00. The molecule has 0 aliphatic carbocycles. The molecule has 0 radical (unpaired) electrons. The Morgan fingerprint density at radius 2 is 2.10 bits per heavy atom. The van der Waals surface area contributed by atoms with Crippen molar-refractivity contribution in [1.82, 2.24) is 24.5 Å². The maximum Gasteiger partial charge on any atom is 0.409 e. The van der Waals surface area contributed by atoms with Crippen molar-refractivity contribution in [2.45, 2.75) is 19.4 Å². The third-order valence-electron chi connectivity index (χ3n) is 4.31. The first-order valence-corrected chi connectivity index (χ1v) is 9.26. The molecule has 2 aromatic heterocycles. The number of hydrogen-bond donors (Lipinski definition) is 2. The number of aryl methyl sites for hydroxylation is 1. The van der Waals surface area contributed by atoms with E-state index in [1.807, 2.05) is 31.0 Å². The largest absolute Gasteiger partial charge is 0.465 e.